The minimum absolute atomic E-state index is 0.758. The molecule has 19 heavy (non-hydrogen) atoms. The highest BCUT2D eigenvalue weighted by Gasteiger charge is 2.04. The van der Waals surface area contributed by atoms with Crippen LogP contribution in [0.1, 0.15) is 5.56 Å². The third-order valence-corrected chi connectivity index (χ3v) is 2.38. The topological polar surface area (TPSA) is 95.9 Å². The Morgan fingerprint density at radius 3 is 2.42 bits per heavy atom. The van der Waals surface area contributed by atoms with Crippen molar-refractivity contribution in [1.82, 2.24) is 5.32 Å². The van der Waals surface area contributed by atoms with Crippen molar-refractivity contribution in [3.8, 4) is 0 Å². The molecule has 0 amide bonds. The summed E-state index contributed by atoms with van der Waals surface area (Å²) in [6.07, 6.45) is 0. The molecule has 0 fully saturated rings. The first-order valence-corrected chi connectivity index (χ1v) is 6.17. The monoisotopic (exact) mass is 333 g/mol. The fourth-order valence-electron chi connectivity index (χ4n) is 1.05. The maximum atomic E-state index is 9.10. The van der Waals surface area contributed by atoms with Crippen LogP contribution in [0, 0.1) is 0 Å². The highest BCUT2D eigenvalue weighted by atomic mass is 79.9. The predicted molar refractivity (Wildman–Crippen MR) is 73.0 cm³/mol. The fourth-order valence-corrected chi connectivity index (χ4v) is 1.50. The van der Waals surface area contributed by atoms with Crippen LogP contribution in [-0.4, -0.2) is 42.4 Å². The third-order valence-electron chi connectivity index (χ3n) is 1.88. The molecule has 0 radical (unpaired) electrons. The molecule has 0 saturated carbocycles. The number of benzene rings is 1. The number of hydrogen-bond acceptors (Lipinski definition) is 4. The molecule has 0 unspecified atom stereocenters. The summed E-state index contributed by atoms with van der Waals surface area (Å²) < 4.78 is 6.06. The van der Waals surface area contributed by atoms with Crippen molar-refractivity contribution in [2.24, 2.45) is 0 Å². The van der Waals surface area contributed by atoms with Crippen LogP contribution < -0.4 is 5.32 Å². The first-order valence-electron chi connectivity index (χ1n) is 5.37. The number of carboxylic acids is 2. The maximum absolute atomic E-state index is 9.10. The standard InChI is InChI=1S/C10H14BrNO.C2H2O4/c1-13-6-5-12-8-9-3-2-4-10(11)7-9;3-1(4)2(5)6/h2-4,7,12H,5-6,8H2,1H3;(H,3,4)(H,5,6). The van der Waals surface area contributed by atoms with Gasteiger partial charge < -0.3 is 20.3 Å². The fraction of sp³-hybridized carbons (Fsp3) is 0.333. The van der Waals surface area contributed by atoms with Gasteiger partial charge in [-0.25, -0.2) is 9.59 Å². The number of halogens is 1. The third kappa shape index (κ3) is 10.2. The van der Waals surface area contributed by atoms with E-state index in [2.05, 4.69) is 33.4 Å². The Balaban J connectivity index is 0.000000459. The van der Waals surface area contributed by atoms with Crippen LogP contribution in [0.2, 0.25) is 0 Å². The molecule has 0 aliphatic heterocycles. The minimum Gasteiger partial charge on any atom is -0.473 e. The van der Waals surface area contributed by atoms with Gasteiger partial charge >= 0.3 is 11.9 Å². The zero-order valence-electron chi connectivity index (χ0n) is 10.4. The summed E-state index contributed by atoms with van der Waals surface area (Å²) in [5.74, 6) is -3.65. The van der Waals surface area contributed by atoms with E-state index in [0.29, 0.717) is 0 Å². The highest BCUT2D eigenvalue weighted by Crippen LogP contribution is 2.10. The second-order valence-electron chi connectivity index (χ2n) is 3.41. The van der Waals surface area contributed by atoms with E-state index in [1.165, 1.54) is 5.56 Å². The first kappa shape index (κ1) is 17.6. The summed E-state index contributed by atoms with van der Waals surface area (Å²) in [6.45, 7) is 2.54. The Morgan fingerprint density at radius 1 is 1.32 bits per heavy atom. The van der Waals surface area contributed by atoms with Crippen LogP contribution in [0.15, 0.2) is 28.7 Å². The lowest BCUT2D eigenvalue weighted by atomic mass is 10.2. The second kappa shape index (κ2) is 10.5. The van der Waals surface area contributed by atoms with Crippen molar-refractivity contribution >= 4 is 27.9 Å². The summed E-state index contributed by atoms with van der Waals surface area (Å²) in [5, 5.41) is 18.1. The molecule has 1 aromatic rings. The number of carbonyl (C=O) groups is 2. The highest BCUT2D eigenvalue weighted by molar-refractivity contribution is 9.10. The molecule has 0 aliphatic carbocycles. The van der Waals surface area contributed by atoms with Gasteiger partial charge in [0.2, 0.25) is 0 Å². The Kier molecular flexibility index (Phi) is 9.69. The number of ether oxygens (including phenoxy) is 1. The summed E-state index contributed by atoms with van der Waals surface area (Å²) in [5.41, 5.74) is 1.28. The summed E-state index contributed by atoms with van der Waals surface area (Å²) in [6, 6.07) is 8.28. The number of carboxylic acid groups (broad SMARTS) is 2. The molecular formula is C12H16BrNO5. The van der Waals surface area contributed by atoms with Crippen LogP contribution >= 0.6 is 15.9 Å². The van der Waals surface area contributed by atoms with Gasteiger partial charge in [-0.2, -0.15) is 0 Å². The Labute approximate surface area is 119 Å². The van der Waals surface area contributed by atoms with Gasteiger partial charge in [0, 0.05) is 24.7 Å². The number of nitrogens with one attached hydrogen (secondary N) is 1. The van der Waals surface area contributed by atoms with E-state index in [4.69, 9.17) is 24.5 Å². The van der Waals surface area contributed by atoms with E-state index in [9.17, 15) is 0 Å². The molecule has 0 heterocycles. The van der Waals surface area contributed by atoms with Crippen LogP contribution in [0.4, 0.5) is 0 Å². The van der Waals surface area contributed by atoms with E-state index in [-0.39, 0.29) is 0 Å². The largest absolute Gasteiger partial charge is 0.473 e. The molecule has 0 saturated heterocycles. The quantitative estimate of drug-likeness (QED) is 0.556. The zero-order chi connectivity index (χ0) is 14.7. The van der Waals surface area contributed by atoms with Gasteiger partial charge in [0.05, 0.1) is 6.61 Å². The molecule has 0 spiro atoms. The SMILES string of the molecule is COCCNCc1cccc(Br)c1.O=C(O)C(=O)O. The van der Waals surface area contributed by atoms with Gasteiger partial charge in [0.1, 0.15) is 0 Å². The molecule has 0 aliphatic rings. The summed E-state index contributed by atoms with van der Waals surface area (Å²) in [7, 11) is 1.71. The number of methoxy groups -OCH3 is 1. The molecule has 0 atom stereocenters. The zero-order valence-corrected chi connectivity index (χ0v) is 12.0. The lowest BCUT2D eigenvalue weighted by Gasteiger charge is -2.04. The Hall–Kier alpha value is -1.44. The second-order valence-corrected chi connectivity index (χ2v) is 4.33. The summed E-state index contributed by atoms with van der Waals surface area (Å²) in [4.78, 5) is 18.2. The average Bonchev–Trinajstić information content (AvgIpc) is 2.35. The molecule has 1 aromatic carbocycles. The molecule has 1 rings (SSSR count). The lowest BCUT2D eigenvalue weighted by molar-refractivity contribution is -0.159. The van der Waals surface area contributed by atoms with Crippen molar-refractivity contribution in [3.63, 3.8) is 0 Å². The molecule has 3 N–H and O–H groups in total. The van der Waals surface area contributed by atoms with Gasteiger partial charge in [-0.3, -0.25) is 0 Å². The molecular weight excluding hydrogens is 318 g/mol. The Bertz CT molecular complexity index is 399. The predicted octanol–water partition coefficient (Wildman–Crippen LogP) is 1.34. The van der Waals surface area contributed by atoms with Gasteiger partial charge in [-0.1, -0.05) is 28.1 Å². The minimum atomic E-state index is -1.82. The smallest absolute Gasteiger partial charge is 0.414 e. The van der Waals surface area contributed by atoms with Gasteiger partial charge in [-0.05, 0) is 17.7 Å². The molecule has 6 nitrogen and oxygen atoms in total. The van der Waals surface area contributed by atoms with Crippen LogP contribution in [0.25, 0.3) is 0 Å². The normalized spacial score (nSPS) is 9.37. The first-order chi connectivity index (χ1) is 8.97. The van der Waals surface area contributed by atoms with Crippen molar-refractivity contribution in [2.45, 2.75) is 6.54 Å². The lowest BCUT2D eigenvalue weighted by Crippen LogP contribution is -2.18. The number of aliphatic carboxylic acids is 2. The van der Waals surface area contributed by atoms with Crippen LogP contribution in [0.5, 0.6) is 0 Å². The molecule has 7 heteroatoms. The maximum Gasteiger partial charge on any atom is 0.414 e. The van der Waals surface area contributed by atoms with E-state index in [1.807, 2.05) is 12.1 Å². The van der Waals surface area contributed by atoms with Gasteiger partial charge in [0.25, 0.3) is 0 Å². The van der Waals surface area contributed by atoms with Crippen molar-refractivity contribution < 1.29 is 24.5 Å². The average molecular weight is 334 g/mol. The van der Waals surface area contributed by atoms with E-state index < -0.39 is 11.9 Å². The van der Waals surface area contributed by atoms with Crippen molar-refractivity contribution in [2.75, 3.05) is 20.3 Å². The van der Waals surface area contributed by atoms with Crippen molar-refractivity contribution in [1.29, 1.82) is 0 Å². The number of rotatable bonds is 5. The van der Waals surface area contributed by atoms with E-state index in [0.717, 1.165) is 24.2 Å². The van der Waals surface area contributed by atoms with Crippen LogP contribution in [-0.2, 0) is 20.9 Å². The van der Waals surface area contributed by atoms with Crippen LogP contribution in [0.3, 0.4) is 0 Å². The van der Waals surface area contributed by atoms with E-state index >= 15 is 0 Å². The van der Waals surface area contributed by atoms with E-state index in [1.54, 1.807) is 7.11 Å². The number of hydrogen-bond donors (Lipinski definition) is 3. The Morgan fingerprint density at radius 2 is 1.95 bits per heavy atom. The summed E-state index contributed by atoms with van der Waals surface area (Å²) >= 11 is 3.43. The van der Waals surface area contributed by atoms with Gasteiger partial charge in [-0.15, -0.1) is 0 Å². The molecule has 0 bridgehead atoms. The molecule has 0 aromatic heterocycles. The van der Waals surface area contributed by atoms with Gasteiger partial charge in [0.15, 0.2) is 0 Å². The van der Waals surface area contributed by atoms with Crippen molar-refractivity contribution in [3.05, 3.63) is 34.3 Å². The molecule has 106 valence electrons.